The van der Waals surface area contributed by atoms with E-state index in [0.29, 0.717) is 28.7 Å². The minimum Gasteiger partial charge on any atom is -0.473 e. The number of nitrogens with zero attached hydrogens (tertiary/aromatic N) is 4. The number of H-pyrrole nitrogens is 2. The number of ether oxygens (including phenoxy) is 1. The Bertz CT molecular complexity index is 1030. The molecule has 0 aromatic carbocycles. The van der Waals surface area contributed by atoms with E-state index in [9.17, 15) is 4.79 Å². The first-order valence-electron chi connectivity index (χ1n) is 9.81. The Morgan fingerprint density at radius 2 is 2.03 bits per heavy atom. The Morgan fingerprint density at radius 1 is 1.21 bits per heavy atom. The molecule has 2 atom stereocenters. The molecular formula is C21H26N6O2. The molecule has 0 bridgehead atoms. The highest BCUT2D eigenvalue weighted by Crippen LogP contribution is 2.34. The van der Waals surface area contributed by atoms with Crippen LogP contribution in [0.25, 0.3) is 22.5 Å². The Balaban J connectivity index is 1.51. The van der Waals surface area contributed by atoms with Gasteiger partial charge in [-0.3, -0.25) is 9.89 Å². The number of pyridine rings is 1. The highest BCUT2D eigenvalue weighted by atomic mass is 16.5. The molecular weight excluding hydrogens is 368 g/mol. The zero-order valence-corrected chi connectivity index (χ0v) is 17.1. The molecule has 1 saturated heterocycles. The first kappa shape index (κ1) is 19.3. The molecule has 29 heavy (non-hydrogen) atoms. The lowest BCUT2D eigenvalue weighted by molar-refractivity contribution is -0.0301. The highest BCUT2D eigenvalue weighted by Gasteiger charge is 2.40. The molecule has 0 spiro atoms. The number of hydrogen-bond acceptors (Lipinski definition) is 6. The molecule has 3 aromatic rings. The topological polar surface area (TPSA) is 99.8 Å². The number of nitrogens with one attached hydrogen (secondary N) is 2. The van der Waals surface area contributed by atoms with E-state index in [2.05, 4.69) is 58.1 Å². The monoisotopic (exact) mass is 394 g/mol. The quantitative estimate of drug-likeness (QED) is 0.706. The number of likely N-dealkylation sites (tertiary alicyclic amines) is 1. The fourth-order valence-electron chi connectivity index (χ4n) is 3.75. The van der Waals surface area contributed by atoms with Crippen molar-refractivity contribution in [2.24, 2.45) is 5.92 Å². The van der Waals surface area contributed by atoms with E-state index in [1.807, 2.05) is 6.07 Å². The summed E-state index contributed by atoms with van der Waals surface area (Å²) >= 11 is 0. The van der Waals surface area contributed by atoms with Crippen LogP contribution >= 0.6 is 0 Å². The molecule has 0 amide bonds. The lowest BCUT2D eigenvalue weighted by Gasteiger charge is -2.48. The number of aromatic nitrogens is 5. The predicted molar refractivity (Wildman–Crippen MR) is 111 cm³/mol. The van der Waals surface area contributed by atoms with Crippen LogP contribution in [0, 0.1) is 5.92 Å². The fraction of sp³-hybridized carbons (Fsp3) is 0.429. The normalized spacial score (nSPS) is 21.8. The summed E-state index contributed by atoms with van der Waals surface area (Å²) in [4.78, 5) is 17.7. The minimum atomic E-state index is -0.225. The SMILES string of the molecule is CC1C(Oc2ccc(-c3ccc(-c4cn[nH]c4)[nH]c3=O)nn2)CCN(C)C1(C)C. The molecule has 1 fully saturated rings. The third-order valence-corrected chi connectivity index (χ3v) is 6.31. The van der Waals surface area contributed by atoms with E-state index in [4.69, 9.17) is 4.74 Å². The largest absolute Gasteiger partial charge is 0.473 e. The highest BCUT2D eigenvalue weighted by molar-refractivity contribution is 5.63. The summed E-state index contributed by atoms with van der Waals surface area (Å²) in [6.07, 6.45) is 4.41. The van der Waals surface area contributed by atoms with Crippen LogP contribution in [0.5, 0.6) is 5.88 Å². The lowest BCUT2D eigenvalue weighted by Crippen LogP contribution is -2.56. The van der Waals surface area contributed by atoms with Crippen molar-refractivity contribution in [2.75, 3.05) is 13.6 Å². The summed E-state index contributed by atoms with van der Waals surface area (Å²) in [5, 5.41) is 15.1. The van der Waals surface area contributed by atoms with Gasteiger partial charge < -0.3 is 14.6 Å². The Hall–Kier alpha value is -3.00. The molecule has 152 valence electrons. The van der Waals surface area contributed by atoms with Crippen LogP contribution in [0.1, 0.15) is 27.2 Å². The second-order valence-corrected chi connectivity index (χ2v) is 8.17. The Morgan fingerprint density at radius 3 is 2.69 bits per heavy atom. The van der Waals surface area contributed by atoms with Gasteiger partial charge in [-0.15, -0.1) is 10.2 Å². The zero-order valence-electron chi connectivity index (χ0n) is 17.1. The molecule has 2 unspecified atom stereocenters. The Kier molecular flexibility index (Phi) is 4.96. The van der Waals surface area contributed by atoms with Crippen LogP contribution in [0.15, 0.2) is 41.5 Å². The van der Waals surface area contributed by atoms with Gasteiger partial charge in [-0.1, -0.05) is 6.92 Å². The first-order valence-corrected chi connectivity index (χ1v) is 9.81. The molecule has 8 heteroatoms. The maximum absolute atomic E-state index is 12.5. The van der Waals surface area contributed by atoms with Crippen molar-refractivity contribution in [3.05, 3.63) is 47.0 Å². The van der Waals surface area contributed by atoms with E-state index in [1.54, 1.807) is 30.6 Å². The van der Waals surface area contributed by atoms with Crippen molar-refractivity contribution in [1.82, 2.24) is 30.3 Å². The number of hydrogen-bond donors (Lipinski definition) is 2. The maximum atomic E-state index is 12.5. The van der Waals surface area contributed by atoms with E-state index in [-0.39, 0.29) is 17.2 Å². The smallest absolute Gasteiger partial charge is 0.257 e. The van der Waals surface area contributed by atoms with Gasteiger partial charge in [0.2, 0.25) is 5.88 Å². The van der Waals surface area contributed by atoms with Crippen molar-refractivity contribution in [3.8, 4) is 28.4 Å². The minimum absolute atomic E-state index is 0.0559. The molecule has 0 saturated carbocycles. The second-order valence-electron chi connectivity index (χ2n) is 8.17. The van der Waals surface area contributed by atoms with Crippen LogP contribution in [0.3, 0.4) is 0 Å². The van der Waals surface area contributed by atoms with Crippen LogP contribution < -0.4 is 10.3 Å². The van der Waals surface area contributed by atoms with Gasteiger partial charge >= 0.3 is 0 Å². The maximum Gasteiger partial charge on any atom is 0.257 e. The van der Waals surface area contributed by atoms with Crippen molar-refractivity contribution in [3.63, 3.8) is 0 Å². The predicted octanol–water partition coefficient (Wildman–Crippen LogP) is 2.72. The fourth-order valence-corrected chi connectivity index (χ4v) is 3.75. The van der Waals surface area contributed by atoms with Crippen LogP contribution in [0.4, 0.5) is 0 Å². The molecule has 2 N–H and O–H groups in total. The summed E-state index contributed by atoms with van der Waals surface area (Å²) in [6, 6.07) is 7.13. The van der Waals surface area contributed by atoms with Crippen molar-refractivity contribution < 1.29 is 4.74 Å². The summed E-state index contributed by atoms with van der Waals surface area (Å²) in [6.45, 7) is 7.66. The standard InChI is InChI=1S/C21H26N6O2/c1-13-18(9-10-27(4)21(13,2)3)29-19-8-7-17(25-26-19)15-5-6-16(24-20(15)28)14-11-22-23-12-14/h5-8,11-13,18H,9-10H2,1-4H3,(H,22,23)(H,24,28). The van der Waals surface area contributed by atoms with Gasteiger partial charge in [0.1, 0.15) is 6.10 Å². The van der Waals surface area contributed by atoms with Crippen molar-refractivity contribution in [1.29, 1.82) is 0 Å². The van der Waals surface area contributed by atoms with Gasteiger partial charge in [0.25, 0.3) is 5.56 Å². The summed E-state index contributed by atoms with van der Waals surface area (Å²) in [5.74, 6) is 0.832. The molecule has 1 aliphatic heterocycles. The zero-order chi connectivity index (χ0) is 20.6. The van der Waals surface area contributed by atoms with Gasteiger partial charge in [-0.25, -0.2) is 0 Å². The van der Waals surface area contributed by atoms with E-state index in [0.717, 1.165) is 18.5 Å². The summed E-state index contributed by atoms with van der Waals surface area (Å²) in [5.41, 5.74) is 2.31. The van der Waals surface area contributed by atoms with Gasteiger partial charge in [0, 0.05) is 35.8 Å². The molecule has 1 aliphatic rings. The van der Waals surface area contributed by atoms with E-state index >= 15 is 0 Å². The third-order valence-electron chi connectivity index (χ3n) is 6.31. The van der Waals surface area contributed by atoms with Crippen molar-refractivity contribution in [2.45, 2.75) is 38.8 Å². The lowest BCUT2D eigenvalue weighted by atomic mass is 9.79. The van der Waals surface area contributed by atoms with Crippen LogP contribution in [-0.2, 0) is 0 Å². The molecule has 4 rings (SSSR count). The Labute approximate surface area is 169 Å². The summed E-state index contributed by atoms with van der Waals surface area (Å²) in [7, 11) is 2.15. The molecule has 3 aromatic heterocycles. The van der Waals surface area contributed by atoms with Gasteiger partial charge in [0.05, 0.1) is 23.1 Å². The van der Waals surface area contributed by atoms with Gasteiger partial charge in [-0.2, -0.15) is 5.10 Å². The average molecular weight is 394 g/mol. The number of aromatic amines is 2. The van der Waals surface area contributed by atoms with E-state index in [1.165, 1.54) is 0 Å². The van der Waals surface area contributed by atoms with Crippen LogP contribution in [-0.4, -0.2) is 55.5 Å². The van der Waals surface area contributed by atoms with Crippen LogP contribution in [0.2, 0.25) is 0 Å². The molecule has 0 aliphatic carbocycles. The molecule has 4 heterocycles. The van der Waals surface area contributed by atoms with Gasteiger partial charge in [0.15, 0.2) is 0 Å². The number of piperidine rings is 1. The average Bonchev–Trinajstić information content (AvgIpc) is 3.24. The molecule has 8 nitrogen and oxygen atoms in total. The van der Waals surface area contributed by atoms with E-state index < -0.39 is 0 Å². The summed E-state index contributed by atoms with van der Waals surface area (Å²) < 4.78 is 6.14. The molecule has 0 radical (unpaired) electrons. The van der Waals surface area contributed by atoms with Crippen molar-refractivity contribution >= 4 is 0 Å². The second kappa shape index (κ2) is 7.44. The first-order chi connectivity index (χ1) is 13.9. The van der Waals surface area contributed by atoms with Gasteiger partial charge in [-0.05, 0) is 45.5 Å². The third kappa shape index (κ3) is 3.67. The number of rotatable bonds is 4.